The SMILES string of the molecule is CC(CNC(=O)CC(C)c1ccc(N)cc1)C(=O)O. The molecule has 2 unspecified atom stereocenters. The summed E-state index contributed by atoms with van der Waals surface area (Å²) in [5.74, 6) is -1.55. The van der Waals surface area contributed by atoms with Crippen LogP contribution >= 0.6 is 0 Å². The van der Waals surface area contributed by atoms with Gasteiger partial charge in [0.1, 0.15) is 0 Å². The first-order chi connectivity index (χ1) is 8.90. The minimum Gasteiger partial charge on any atom is -0.481 e. The summed E-state index contributed by atoms with van der Waals surface area (Å²) in [6.45, 7) is 3.67. The average Bonchev–Trinajstić information content (AvgIpc) is 2.36. The number of nitrogens with one attached hydrogen (secondary N) is 1. The van der Waals surface area contributed by atoms with Crippen molar-refractivity contribution in [3.05, 3.63) is 29.8 Å². The molecule has 2 atom stereocenters. The number of benzene rings is 1. The molecule has 0 radical (unpaired) electrons. The molecular weight excluding hydrogens is 244 g/mol. The van der Waals surface area contributed by atoms with E-state index in [0.717, 1.165) is 5.56 Å². The van der Waals surface area contributed by atoms with Crippen molar-refractivity contribution in [1.82, 2.24) is 5.32 Å². The summed E-state index contributed by atoms with van der Waals surface area (Å²) in [5, 5.41) is 11.3. The Morgan fingerprint density at radius 2 is 1.84 bits per heavy atom. The van der Waals surface area contributed by atoms with E-state index >= 15 is 0 Å². The number of amides is 1. The number of nitrogen functional groups attached to an aromatic ring is 1. The Kier molecular flexibility index (Phi) is 5.36. The van der Waals surface area contributed by atoms with E-state index in [0.29, 0.717) is 12.1 Å². The summed E-state index contributed by atoms with van der Waals surface area (Å²) in [6, 6.07) is 7.40. The maximum Gasteiger partial charge on any atom is 0.308 e. The van der Waals surface area contributed by atoms with Crippen molar-refractivity contribution in [2.45, 2.75) is 26.2 Å². The van der Waals surface area contributed by atoms with Crippen LogP contribution in [0.4, 0.5) is 5.69 Å². The summed E-state index contributed by atoms with van der Waals surface area (Å²) in [6.07, 6.45) is 0.330. The second-order valence-corrected chi connectivity index (χ2v) is 4.82. The van der Waals surface area contributed by atoms with Gasteiger partial charge in [0, 0.05) is 18.7 Å². The predicted molar refractivity (Wildman–Crippen MR) is 73.7 cm³/mol. The largest absolute Gasteiger partial charge is 0.481 e. The van der Waals surface area contributed by atoms with Gasteiger partial charge in [-0.1, -0.05) is 26.0 Å². The molecule has 1 rings (SSSR count). The Bertz CT molecular complexity index is 443. The average molecular weight is 264 g/mol. The van der Waals surface area contributed by atoms with Gasteiger partial charge in [-0.15, -0.1) is 0 Å². The van der Waals surface area contributed by atoms with Gasteiger partial charge in [0.15, 0.2) is 0 Å². The van der Waals surface area contributed by atoms with Crippen molar-refractivity contribution in [1.29, 1.82) is 0 Å². The highest BCUT2D eigenvalue weighted by molar-refractivity contribution is 5.78. The van der Waals surface area contributed by atoms with Crippen LogP contribution < -0.4 is 11.1 Å². The van der Waals surface area contributed by atoms with Gasteiger partial charge in [-0.25, -0.2) is 0 Å². The molecule has 0 saturated carbocycles. The van der Waals surface area contributed by atoms with E-state index in [-0.39, 0.29) is 18.4 Å². The molecular formula is C14H20N2O3. The number of rotatable bonds is 6. The number of carbonyl (C=O) groups excluding carboxylic acids is 1. The zero-order valence-electron chi connectivity index (χ0n) is 11.2. The zero-order valence-corrected chi connectivity index (χ0v) is 11.2. The molecule has 1 amide bonds. The summed E-state index contributed by atoms with van der Waals surface area (Å²) in [5.41, 5.74) is 7.33. The summed E-state index contributed by atoms with van der Waals surface area (Å²) in [7, 11) is 0. The van der Waals surface area contributed by atoms with Crippen LogP contribution in [0.5, 0.6) is 0 Å². The normalized spacial score (nSPS) is 13.6. The number of hydrogen-bond donors (Lipinski definition) is 3. The summed E-state index contributed by atoms with van der Waals surface area (Å²) < 4.78 is 0. The molecule has 0 saturated heterocycles. The molecule has 104 valence electrons. The lowest BCUT2D eigenvalue weighted by atomic mass is 9.97. The van der Waals surface area contributed by atoms with Gasteiger partial charge in [-0.05, 0) is 23.6 Å². The number of aliphatic carboxylic acids is 1. The standard InChI is InChI=1S/C14H20N2O3/c1-9(11-3-5-12(15)6-4-11)7-13(17)16-8-10(2)14(18)19/h3-6,9-10H,7-8,15H2,1-2H3,(H,16,17)(H,18,19). The molecule has 1 aromatic rings. The molecule has 19 heavy (non-hydrogen) atoms. The fourth-order valence-electron chi connectivity index (χ4n) is 1.65. The van der Waals surface area contributed by atoms with E-state index in [9.17, 15) is 9.59 Å². The Morgan fingerprint density at radius 1 is 1.26 bits per heavy atom. The lowest BCUT2D eigenvalue weighted by molar-refractivity contribution is -0.141. The van der Waals surface area contributed by atoms with Crippen molar-refractivity contribution >= 4 is 17.6 Å². The van der Waals surface area contributed by atoms with Crippen molar-refractivity contribution in [3.8, 4) is 0 Å². The maximum atomic E-state index is 11.7. The number of carboxylic acid groups (broad SMARTS) is 1. The van der Waals surface area contributed by atoms with Crippen LogP contribution in [0.1, 0.15) is 31.7 Å². The smallest absolute Gasteiger partial charge is 0.308 e. The number of hydrogen-bond acceptors (Lipinski definition) is 3. The number of anilines is 1. The second-order valence-electron chi connectivity index (χ2n) is 4.82. The Morgan fingerprint density at radius 3 is 2.37 bits per heavy atom. The van der Waals surface area contributed by atoms with Gasteiger partial charge in [0.2, 0.25) is 5.91 Å². The van der Waals surface area contributed by atoms with Crippen molar-refractivity contribution in [2.75, 3.05) is 12.3 Å². The molecule has 0 aromatic heterocycles. The highest BCUT2D eigenvalue weighted by Gasteiger charge is 2.14. The van der Waals surface area contributed by atoms with Gasteiger partial charge < -0.3 is 16.2 Å². The number of nitrogens with two attached hydrogens (primary N) is 1. The van der Waals surface area contributed by atoms with Crippen LogP contribution in [0, 0.1) is 5.92 Å². The molecule has 1 aromatic carbocycles. The first-order valence-corrected chi connectivity index (χ1v) is 6.25. The third kappa shape index (κ3) is 4.99. The van der Waals surface area contributed by atoms with E-state index in [1.54, 1.807) is 19.1 Å². The van der Waals surface area contributed by atoms with Crippen LogP contribution in [-0.2, 0) is 9.59 Å². The van der Waals surface area contributed by atoms with Crippen molar-refractivity contribution in [2.24, 2.45) is 5.92 Å². The van der Waals surface area contributed by atoms with Crippen LogP contribution in [-0.4, -0.2) is 23.5 Å². The first-order valence-electron chi connectivity index (χ1n) is 6.25. The molecule has 0 aliphatic heterocycles. The predicted octanol–water partition coefficient (Wildman–Crippen LogP) is 1.60. The Labute approximate surface area is 112 Å². The highest BCUT2D eigenvalue weighted by Crippen LogP contribution is 2.19. The van der Waals surface area contributed by atoms with Gasteiger partial charge >= 0.3 is 5.97 Å². The topological polar surface area (TPSA) is 92.4 Å². The van der Waals surface area contributed by atoms with Crippen molar-refractivity contribution in [3.63, 3.8) is 0 Å². The van der Waals surface area contributed by atoms with E-state index in [4.69, 9.17) is 10.8 Å². The van der Waals surface area contributed by atoms with E-state index in [2.05, 4.69) is 5.32 Å². The van der Waals surface area contributed by atoms with Gasteiger partial charge in [-0.3, -0.25) is 9.59 Å². The van der Waals surface area contributed by atoms with Gasteiger partial charge in [0.25, 0.3) is 0 Å². The van der Waals surface area contributed by atoms with Crippen molar-refractivity contribution < 1.29 is 14.7 Å². The monoisotopic (exact) mass is 264 g/mol. The zero-order chi connectivity index (χ0) is 14.4. The van der Waals surface area contributed by atoms with Crippen LogP contribution in [0.2, 0.25) is 0 Å². The second kappa shape index (κ2) is 6.78. The van der Waals surface area contributed by atoms with E-state index in [1.165, 1.54) is 0 Å². The minimum atomic E-state index is -0.910. The molecule has 0 aliphatic rings. The molecule has 0 aliphatic carbocycles. The molecule has 5 nitrogen and oxygen atoms in total. The van der Waals surface area contributed by atoms with Crippen LogP contribution in [0.15, 0.2) is 24.3 Å². The number of carbonyl (C=O) groups is 2. The van der Waals surface area contributed by atoms with Gasteiger partial charge in [0.05, 0.1) is 5.92 Å². The lowest BCUT2D eigenvalue weighted by Gasteiger charge is -2.13. The van der Waals surface area contributed by atoms with Crippen LogP contribution in [0.3, 0.4) is 0 Å². The summed E-state index contributed by atoms with van der Waals surface area (Å²) in [4.78, 5) is 22.3. The fraction of sp³-hybridized carbons (Fsp3) is 0.429. The fourth-order valence-corrected chi connectivity index (χ4v) is 1.65. The molecule has 0 fully saturated rings. The Hall–Kier alpha value is -2.04. The molecule has 0 heterocycles. The highest BCUT2D eigenvalue weighted by atomic mass is 16.4. The quantitative estimate of drug-likeness (QED) is 0.680. The van der Waals surface area contributed by atoms with E-state index in [1.807, 2.05) is 19.1 Å². The first kappa shape index (κ1) is 15.0. The lowest BCUT2D eigenvalue weighted by Crippen LogP contribution is -2.32. The van der Waals surface area contributed by atoms with Crippen LogP contribution in [0.25, 0.3) is 0 Å². The minimum absolute atomic E-state index is 0.0701. The van der Waals surface area contributed by atoms with Gasteiger partial charge in [-0.2, -0.15) is 0 Å². The molecule has 0 spiro atoms. The molecule has 0 bridgehead atoms. The third-order valence-corrected chi connectivity index (χ3v) is 3.02. The molecule has 4 N–H and O–H groups in total. The molecule has 5 heteroatoms. The van der Waals surface area contributed by atoms with E-state index < -0.39 is 11.9 Å². The number of carboxylic acids is 1. The third-order valence-electron chi connectivity index (χ3n) is 3.02. The summed E-state index contributed by atoms with van der Waals surface area (Å²) >= 11 is 0. The Balaban J connectivity index is 2.44. The maximum absolute atomic E-state index is 11.7.